The van der Waals surface area contributed by atoms with Crippen LogP contribution in [0.5, 0.6) is 0 Å². The summed E-state index contributed by atoms with van der Waals surface area (Å²) in [6.45, 7) is 0. The first-order chi connectivity index (χ1) is 8.36. The molecule has 0 unspecified atom stereocenters. The van der Waals surface area contributed by atoms with Crippen LogP contribution in [0.15, 0.2) is 29.6 Å². The highest BCUT2D eigenvalue weighted by molar-refractivity contribution is 7.10. The van der Waals surface area contributed by atoms with Gasteiger partial charge in [0.1, 0.15) is 5.01 Å². The van der Waals surface area contributed by atoms with Crippen LogP contribution in [0.1, 0.15) is 29.3 Å². The van der Waals surface area contributed by atoms with Crippen molar-refractivity contribution in [3.05, 3.63) is 40.2 Å². The average Bonchev–Trinajstić information content (AvgIpc) is 3.11. The Balaban J connectivity index is 1.84. The molecule has 1 fully saturated rings. The van der Waals surface area contributed by atoms with E-state index in [2.05, 4.69) is 35.3 Å². The van der Waals surface area contributed by atoms with Gasteiger partial charge in [0.15, 0.2) is 0 Å². The number of benzene rings is 1. The van der Waals surface area contributed by atoms with Gasteiger partial charge in [-0.3, -0.25) is 0 Å². The van der Waals surface area contributed by atoms with Crippen LogP contribution >= 0.6 is 11.3 Å². The van der Waals surface area contributed by atoms with E-state index in [9.17, 15) is 0 Å². The molecule has 1 saturated carbocycles. The summed E-state index contributed by atoms with van der Waals surface area (Å²) in [6, 6.07) is 10.8. The lowest BCUT2D eigenvalue weighted by Crippen LogP contribution is -1.83. The Labute approximate surface area is 105 Å². The quantitative estimate of drug-likeness (QED) is 0.819. The number of rotatable bonds is 3. The molecule has 1 aliphatic carbocycles. The summed E-state index contributed by atoms with van der Waals surface area (Å²) in [7, 11) is 0. The summed E-state index contributed by atoms with van der Waals surface area (Å²) in [4.78, 5) is 4.46. The Kier molecular flexibility index (Phi) is 2.66. The van der Waals surface area contributed by atoms with Crippen LogP contribution in [0.25, 0.3) is 11.3 Å². The molecule has 3 rings (SSSR count). The lowest BCUT2D eigenvalue weighted by atomic mass is 10.1. The molecule has 84 valence electrons. The van der Waals surface area contributed by atoms with Crippen molar-refractivity contribution in [3.8, 4) is 17.3 Å². The number of aromatic nitrogens is 1. The van der Waals surface area contributed by atoms with E-state index < -0.39 is 0 Å². The molecule has 17 heavy (non-hydrogen) atoms. The van der Waals surface area contributed by atoms with Crippen LogP contribution < -0.4 is 0 Å². The zero-order valence-electron chi connectivity index (χ0n) is 9.39. The van der Waals surface area contributed by atoms with E-state index >= 15 is 0 Å². The Morgan fingerprint density at radius 3 is 2.71 bits per heavy atom. The van der Waals surface area contributed by atoms with Crippen molar-refractivity contribution >= 4 is 11.3 Å². The van der Waals surface area contributed by atoms with Crippen molar-refractivity contribution in [2.24, 2.45) is 0 Å². The molecule has 1 aliphatic rings. The van der Waals surface area contributed by atoms with Crippen molar-refractivity contribution in [2.45, 2.75) is 25.2 Å². The SMILES string of the molecule is N#CCc1nc(-c2ccc(C3CC3)cc2)cs1. The second kappa shape index (κ2) is 4.31. The normalized spacial score (nSPS) is 14.5. The summed E-state index contributed by atoms with van der Waals surface area (Å²) in [5, 5.41) is 11.5. The summed E-state index contributed by atoms with van der Waals surface area (Å²) in [5.74, 6) is 0.800. The number of nitrogens with zero attached hydrogens (tertiary/aromatic N) is 2. The number of nitriles is 1. The average molecular weight is 240 g/mol. The topological polar surface area (TPSA) is 36.7 Å². The second-order valence-electron chi connectivity index (χ2n) is 4.36. The van der Waals surface area contributed by atoms with Crippen molar-refractivity contribution in [1.29, 1.82) is 5.26 Å². The van der Waals surface area contributed by atoms with Gasteiger partial charge in [-0.25, -0.2) is 4.98 Å². The monoisotopic (exact) mass is 240 g/mol. The maximum Gasteiger partial charge on any atom is 0.107 e. The summed E-state index contributed by atoms with van der Waals surface area (Å²) >= 11 is 1.56. The first kappa shape index (κ1) is 10.5. The van der Waals surface area contributed by atoms with Gasteiger partial charge in [-0.1, -0.05) is 24.3 Å². The molecule has 0 saturated heterocycles. The molecular formula is C14H12N2S. The zero-order valence-corrected chi connectivity index (χ0v) is 10.2. The van der Waals surface area contributed by atoms with Crippen LogP contribution in [0, 0.1) is 11.3 Å². The third-order valence-electron chi connectivity index (χ3n) is 3.04. The molecule has 1 heterocycles. The maximum absolute atomic E-state index is 8.62. The summed E-state index contributed by atoms with van der Waals surface area (Å²) in [5.41, 5.74) is 3.58. The first-order valence-electron chi connectivity index (χ1n) is 5.78. The van der Waals surface area contributed by atoms with E-state index in [0.29, 0.717) is 6.42 Å². The molecule has 2 aromatic rings. The molecule has 1 aromatic heterocycles. The predicted molar refractivity (Wildman–Crippen MR) is 68.8 cm³/mol. The highest BCUT2D eigenvalue weighted by Crippen LogP contribution is 2.40. The van der Waals surface area contributed by atoms with E-state index in [0.717, 1.165) is 22.2 Å². The van der Waals surface area contributed by atoms with Gasteiger partial charge in [-0.2, -0.15) is 5.26 Å². The third-order valence-corrected chi connectivity index (χ3v) is 3.89. The van der Waals surface area contributed by atoms with Gasteiger partial charge in [-0.05, 0) is 24.3 Å². The molecule has 0 atom stereocenters. The molecule has 3 heteroatoms. The number of hydrogen-bond donors (Lipinski definition) is 0. The molecule has 1 aromatic carbocycles. The van der Waals surface area contributed by atoms with Crippen LogP contribution in [-0.4, -0.2) is 4.98 Å². The molecule has 0 radical (unpaired) electrons. The second-order valence-corrected chi connectivity index (χ2v) is 5.30. The predicted octanol–water partition coefficient (Wildman–Crippen LogP) is 3.75. The van der Waals surface area contributed by atoms with Crippen molar-refractivity contribution in [3.63, 3.8) is 0 Å². The minimum Gasteiger partial charge on any atom is -0.240 e. The Hall–Kier alpha value is -1.66. The zero-order chi connectivity index (χ0) is 11.7. The fraction of sp³-hybridized carbons (Fsp3) is 0.286. The lowest BCUT2D eigenvalue weighted by molar-refractivity contribution is 1.13. The summed E-state index contributed by atoms with van der Waals surface area (Å²) < 4.78 is 0. The largest absolute Gasteiger partial charge is 0.240 e. The van der Waals surface area contributed by atoms with E-state index in [1.807, 2.05) is 5.38 Å². The Morgan fingerprint density at radius 2 is 2.06 bits per heavy atom. The van der Waals surface area contributed by atoms with E-state index in [4.69, 9.17) is 5.26 Å². The molecule has 0 bridgehead atoms. The van der Waals surface area contributed by atoms with Gasteiger partial charge >= 0.3 is 0 Å². The molecule has 0 aliphatic heterocycles. The standard InChI is InChI=1S/C14H12N2S/c15-8-7-14-16-13(9-17-14)12-5-3-11(4-6-12)10-1-2-10/h3-6,9-10H,1-2,7H2. The van der Waals surface area contributed by atoms with Crippen molar-refractivity contribution in [2.75, 3.05) is 0 Å². The smallest absolute Gasteiger partial charge is 0.107 e. The fourth-order valence-corrected chi connectivity index (χ4v) is 2.67. The molecule has 0 amide bonds. The van der Waals surface area contributed by atoms with E-state index in [-0.39, 0.29) is 0 Å². The highest BCUT2D eigenvalue weighted by atomic mass is 32.1. The number of thiazole rings is 1. The lowest BCUT2D eigenvalue weighted by Gasteiger charge is -2.00. The van der Waals surface area contributed by atoms with Gasteiger partial charge < -0.3 is 0 Å². The van der Waals surface area contributed by atoms with Crippen molar-refractivity contribution < 1.29 is 0 Å². The third kappa shape index (κ3) is 2.22. The number of hydrogen-bond acceptors (Lipinski definition) is 3. The Bertz CT molecular complexity index is 559. The fourth-order valence-electron chi connectivity index (χ4n) is 1.94. The summed E-state index contributed by atoms with van der Waals surface area (Å²) in [6.07, 6.45) is 3.08. The van der Waals surface area contributed by atoms with E-state index in [1.54, 1.807) is 11.3 Å². The van der Waals surface area contributed by atoms with Crippen LogP contribution in [0.2, 0.25) is 0 Å². The Morgan fingerprint density at radius 1 is 1.29 bits per heavy atom. The molecular weight excluding hydrogens is 228 g/mol. The highest BCUT2D eigenvalue weighted by Gasteiger charge is 2.23. The van der Waals surface area contributed by atoms with Crippen molar-refractivity contribution in [1.82, 2.24) is 4.98 Å². The minimum atomic E-state index is 0.408. The van der Waals surface area contributed by atoms with Gasteiger partial charge in [0, 0.05) is 10.9 Å². The van der Waals surface area contributed by atoms with Gasteiger partial charge in [0.2, 0.25) is 0 Å². The van der Waals surface area contributed by atoms with Crippen LogP contribution in [0.4, 0.5) is 0 Å². The van der Waals surface area contributed by atoms with E-state index in [1.165, 1.54) is 18.4 Å². The van der Waals surface area contributed by atoms with Crippen LogP contribution in [0.3, 0.4) is 0 Å². The molecule has 2 nitrogen and oxygen atoms in total. The van der Waals surface area contributed by atoms with Crippen LogP contribution in [-0.2, 0) is 6.42 Å². The van der Waals surface area contributed by atoms with Gasteiger partial charge in [-0.15, -0.1) is 11.3 Å². The first-order valence-corrected chi connectivity index (χ1v) is 6.66. The van der Waals surface area contributed by atoms with Gasteiger partial charge in [0.05, 0.1) is 18.2 Å². The molecule has 0 spiro atoms. The minimum absolute atomic E-state index is 0.408. The van der Waals surface area contributed by atoms with Gasteiger partial charge in [0.25, 0.3) is 0 Å². The molecule has 0 N–H and O–H groups in total. The maximum atomic E-state index is 8.62.